The number of nitrogens with one attached hydrogen (secondary N) is 1. The van der Waals surface area contributed by atoms with Crippen molar-refractivity contribution in [1.29, 1.82) is 0 Å². The maximum atomic E-state index is 11.2. The van der Waals surface area contributed by atoms with Crippen molar-refractivity contribution in [3.05, 3.63) is 102 Å². The molecule has 1 N–H and O–H groups in total. The number of anilines is 1. The molecule has 0 aromatic heterocycles. The van der Waals surface area contributed by atoms with Gasteiger partial charge in [-0.05, 0) is 30.3 Å². The maximum absolute atomic E-state index is 11.2. The van der Waals surface area contributed by atoms with E-state index >= 15 is 0 Å². The number of nitro groups is 2. The smallest absolute Gasteiger partial charge is 0.301 e. The third-order valence-corrected chi connectivity index (χ3v) is 4.69. The van der Waals surface area contributed by atoms with Gasteiger partial charge in [-0.15, -0.1) is 0 Å². The number of hydrazone groups is 1. The molecule has 0 aliphatic heterocycles. The van der Waals surface area contributed by atoms with E-state index in [0.717, 1.165) is 17.7 Å². The van der Waals surface area contributed by atoms with Crippen molar-refractivity contribution >= 4 is 46.5 Å². The number of halogens is 2. The van der Waals surface area contributed by atoms with Crippen molar-refractivity contribution in [1.82, 2.24) is 0 Å². The first-order valence-electron chi connectivity index (χ1n) is 8.73. The lowest BCUT2D eigenvalue weighted by atomic mass is 10.2. The molecule has 31 heavy (non-hydrogen) atoms. The quantitative estimate of drug-likeness (QED) is 0.256. The van der Waals surface area contributed by atoms with Crippen LogP contribution < -0.4 is 10.2 Å². The number of nitro benzene ring substituents is 2. The average molecular weight is 461 g/mol. The van der Waals surface area contributed by atoms with Crippen LogP contribution in [0, 0.1) is 20.2 Å². The topological polar surface area (TPSA) is 120 Å². The Kier molecular flexibility index (Phi) is 7.01. The first-order valence-corrected chi connectivity index (χ1v) is 9.48. The van der Waals surface area contributed by atoms with Gasteiger partial charge in [0.1, 0.15) is 18.0 Å². The Morgan fingerprint density at radius 2 is 1.77 bits per heavy atom. The summed E-state index contributed by atoms with van der Waals surface area (Å²) in [5, 5.41) is 27.1. The largest absolute Gasteiger partial charge is 0.488 e. The fraction of sp³-hybridized carbons (Fsp3) is 0.0500. The van der Waals surface area contributed by atoms with Crippen LogP contribution in [0.1, 0.15) is 11.1 Å². The van der Waals surface area contributed by atoms with E-state index < -0.39 is 21.2 Å². The average Bonchev–Trinajstić information content (AvgIpc) is 2.74. The number of benzene rings is 3. The van der Waals surface area contributed by atoms with Crippen LogP contribution in [-0.2, 0) is 6.61 Å². The van der Waals surface area contributed by atoms with Crippen LogP contribution in [-0.4, -0.2) is 16.1 Å². The Morgan fingerprint density at radius 3 is 2.48 bits per heavy atom. The predicted octanol–water partition coefficient (Wildman–Crippen LogP) is 5.83. The Bertz CT molecular complexity index is 1170. The van der Waals surface area contributed by atoms with E-state index in [0.29, 0.717) is 21.4 Å². The molecular weight excluding hydrogens is 447 g/mol. The molecule has 11 heteroatoms. The van der Waals surface area contributed by atoms with Gasteiger partial charge in [-0.2, -0.15) is 5.10 Å². The summed E-state index contributed by atoms with van der Waals surface area (Å²) in [6, 6.07) is 15.4. The molecule has 0 spiro atoms. The van der Waals surface area contributed by atoms with Gasteiger partial charge in [0.25, 0.3) is 5.69 Å². The highest BCUT2D eigenvalue weighted by Gasteiger charge is 2.19. The van der Waals surface area contributed by atoms with Gasteiger partial charge in [-0.25, -0.2) is 0 Å². The maximum Gasteiger partial charge on any atom is 0.301 e. The zero-order chi connectivity index (χ0) is 22.4. The fourth-order valence-electron chi connectivity index (χ4n) is 2.57. The minimum Gasteiger partial charge on any atom is -0.488 e. The number of hydrogen-bond donors (Lipinski definition) is 1. The number of non-ortho nitro benzene ring substituents is 1. The van der Waals surface area contributed by atoms with Crippen LogP contribution in [0.5, 0.6) is 5.75 Å². The SMILES string of the molecule is O=[N+]([O-])c1ccc(N/N=C/c2cc(Cl)ccc2OCc2ccccc2Cl)c([N+](=O)[O-])c1. The minimum absolute atomic E-state index is 0.00702. The Balaban J connectivity index is 1.79. The molecule has 9 nitrogen and oxygen atoms in total. The number of ether oxygens (including phenoxy) is 1. The third kappa shape index (κ3) is 5.68. The molecule has 0 unspecified atom stereocenters. The molecule has 0 aliphatic rings. The van der Waals surface area contributed by atoms with Crippen molar-refractivity contribution in [2.75, 3.05) is 5.43 Å². The molecule has 0 radical (unpaired) electrons. The summed E-state index contributed by atoms with van der Waals surface area (Å²) < 4.78 is 5.82. The van der Waals surface area contributed by atoms with Crippen LogP contribution >= 0.6 is 23.2 Å². The van der Waals surface area contributed by atoms with E-state index in [1.807, 2.05) is 18.2 Å². The van der Waals surface area contributed by atoms with Gasteiger partial charge in [0.15, 0.2) is 0 Å². The van der Waals surface area contributed by atoms with Gasteiger partial charge in [-0.1, -0.05) is 41.4 Å². The molecule has 0 heterocycles. The van der Waals surface area contributed by atoms with Gasteiger partial charge in [0, 0.05) is 27.2 Å². The van der Waals surface area contributed by atoms with Gasteiger partial charge in [-0.3, -0.25) is 25.7 Å². The van der Waals surface area contributed by atoms with Crippen molar-refractivity contribution in [3.8, 4) is 5.75 Å². The van der Waals surface area contributed by atoms with Crippen LogP contribution in [0.25, 0.3) is 0 Å². The molecule has 0 aliphatic carbocycles. The number of nitrogens with zero attached hydrogens (tertiary/aromatic N) is 3. The van der Waals surface area contributed by atoms with Gasteiger partial charge in [0.2, 0.25) is 0 Å². The first-order chi connectivity index (χ1) is 14.8. The van der Waals surface area contributed by atoms with Crippen molar-refractivity contribution < 1.29 is 14.6 Å². The normalized spacial score (nSPS) is 10.8. The second-order valence-corrected chi connectivity index (χ2v) is 6.99. The standard InChI is InChI=1S/C20H14Cl2N4O5/c21-15-5-8-20(31-12-13-3-1-2-4-17(13)22)14(9-15)11-23-24-18-7-6-16(25(27)28)10-19(18)26(29)30/h1-11,24H,12H2/b23-11+. The van der Waals surface area contributed by atoms with E-state index in [1.165, 1.54) is 12.3 Å². The third-order valence-electron chi connectivity index (χ3n) is 4.09. The fourth-order valence-corrected chi connectivity index (χ4v) is 2.94. The Hall–Kier alpha value is -3.69. The molecular formula is C20H14Cl2N4O5. The van der Waals surface area contributed by atoms with E-state index in [-0.39, 0.29) is 12.3 Å². The molecule has 0 bridgehead atoms. The van der Waals surface area contributed by atoms with Crippen LogP contribution in [0.3, 0.4) is 0 Å². The number of rotatable bonds is 8. The second kappa shape index (κ2) is 9.88. The summed E-state index contributed by atoms with van der Waals surface area (Å²) in [6.07, 6.45) is 1.37. The van der Waals surface area contributed by atoms with E-state index in [1.54, 1.807) is 24.3 Å². The van der Waals surface area contributed by atoms with Crippen LogP contribution in [0.15, 0.2) is 65.8 Å². The van der Waals surface area contributed by atoms with Gasteiger partial charge in [0.05, 0.1) is 22.1 Å². The van der Waals surface area contributed by atoms with E-state index in [4.69, 9.17) is 27.9 Å². The predicted molar refractivity (Wildman–Crippen MR) is 118 cm³/mol. The molecule has 0 amide bonds. The number of hydrogen-bond acceptors (Lipinski definition) is 7. The zero-order valence-electron chi connectivity index (χ0n) is 15.7. The first kappa shape index (κ1) is 22.0. The lowest BCUT2D eigenvalue weighted by Crippen LogP contribution is -2.01. The molecule has 3 aromatic rings. The van der Waals surface area contributed by atoms with Crippen LogP contribution in [0.4, 0.5) is 17.1 Å². The summed E-state index contributed by atoms with van der Waals surface area (Å²) in [4.78, 5) is 20.6. The molecule has 3 aromatic carbocycles. The highest BCUT2D eigenvalue weighted by atomic mass is 35.5. The van der Waals surface area contributed by atoms with Gasteiger partial charge >= 0.3 is 5.69 Å². The summed E-state index contributed by atoms with van der Waals surface area (Å²) in [6.45, 7) is 0.212. The highest BCUT2D eigenvalue weighted by molar-refractivity contribution is 6.31. The van der Waals surface area contributed by atoms with E-state index in [9.17, 15) is 20.2 Å². The van der Waals surface area contributed by atoms with Crippen LogP contribution in [0.2, 0.25) is 10.0 Å². The molecule has 3 rings (SSSR count). The Morgan fingerprint density at radius 1 is 1.00 bits per heavy atom. The summed E-state index contributed by atoms with van der Waals surface area (Å²) in [5.41, 5.74) is 2.95. The summed E-state index contributed by atoms with van der Waals surface area (Å²) in [7, 11) is 0. The zero-order valence-corrected chi connectivity index (χ0v) is 17.2. The van der Waals surface area contributed by atoms with Gasteiger partial charge < -0.3 is 4.74 Å². The molecule has 0 saturated carbocycles. The molecule has 0 saturated heterocycles. The highest BCUT2D eigenvalue weighted by Crippen LogP contribution is 2.29. The van der Waals surface area contributed by atoms with Crippen molar-refractivity contribution in [2.45, 2.75) is 6.61 Å². The van der Waals surface area contributed by atoms with Crippen molar-refractivity contribution in [3.63, 3.8) is 0 Å². The summed E-state index contributed by atoms with van der Waals surface area (Å²) in [5.74, 6) is 0.466. The molecule has 158 valence electrons. The van der Waals surface area contributed by atoms with Crippen molar-refractivity contribution in [2.24, 2.45) is 5.10 Å². The van der Waals surface area contributed by atoms with E-state index in [2.05, 4.69) is 10.5 Å². The summed E-state index contributed by atoms with van der Waals surface area (Å²) >= 11 is 12.2. The monoisotopic (exact) mass is 460 g/mol. The lowest BCUT2D eigenvalue weighted by Gasteiger charge is -2.10. The Labute approximate surface area is 186 Å². The molecule has 0 fully saturated rings. The molecule has 0 atom stereocenters. The second-order valence-electron chi connectivity index (χ2n) is 6.15. The lowest BCUT2D eigenvalue weighted by molar-refractivity contribution is -0.393. The minimum atomic E-state index is -0.734.